The highest BCUT2D eigenvalue weighted by molar-refractivity contribution is 8.00. The minimum atomic E-state index is 0.336. The number of hydrogen-bond acceptors (Lipinski definition) is 3. The topological polar surface area (TPSA) is 12.0 Å². The Morgan fingerprint density at radius 2 is 2.33 bits per heavy atom. The van der Waals surface area contributed by atoms with Crippen LogP contribution in [-0.4, -0.2) is 17.5 Å². The number of hydrogen-bond donors (Lipinski definition) is 1. The number of halogens is 1. The van der Waals surface area contributed by atoms with Gasteiger partial charge in [-0.2, -0.15) is 11.8 Å². The molecule has 0 saturated carbocycles. The zero-order valence-corrected chi connectivity index (χ0v) is 11.4. The molecule has 1 saturated heterocycles. The SMILES string of the molecule is CNC(c1ccc(Cl)s1)C1(C)CCCS1. The summed E-state index contributed by atoms with van der Waals surface area (Å²) in [6.07, 6.45) is 2.62. The summed E-state index contributed by atoms with van der Waals surface area (Å²) in [5.74, 6) is 1.29. The second-order valence-electron chi connectivity index (χ2n) is 4.13. The van der Waals surface area contributed by atoms with Gasteiger partial charge in [-0.3, -0.25) is 0 Å². The Bertz CT molecular complexity index is 331. The summed E-state index contributed by atoms with van der Waals surface area (Å²) >= 11 is 9.78. The first-order chi connectivity index (χ1) is 7.15. The molecule has 1 nitrogen and oxygen atoms in total. The number of thiophene rings is 1. The lowest BCUT2D eigenvalue weighted by atomic mass is 9.95. The van der Waals surface area contributed by atoms with Gasteiger partial charge in [-0.25, -0.2) is 0 Å². The monoisotopic (exact) mass is 261 g/mol. The van der Waals surface area contributed by atoms with E-state index in [9.17, 15) is 0 Å². The second kappa shape index (κ2) is 4.66. The molecule has 0 aromatic carbocycles. The Hall–Kier alpha value is 0.300. The number of thioether (sulfide) groups is 1. The minimum absolute atomic E-state index is 0.336. The zero-order chi connectivity index (χ0) is 10.9. The van der Waals surface area contributed by atoms with Gasteiger partial charge in [0.2, 0.25) is 0 Å². The van der Waals surface area contributed by atoms with E-state index < -0.39 is 0 Å². The summed E-state index contributed by atoms with van der Waals surface area (Å²) in [5, 5.41) is 3.45. The first-order valence-corrected chi connectivity index (χ1v) is 7.40. The Morgan fingerprint density at radius 3 is 2.80 bits per heavy atom. The summed E-state index contributed by atoms with van der Waals surface area (Å²) in [4.78, 5) is 1.36. The van der Waals surface area contributed by atoms with Crippen LogP contribution < -0.4 is 5.32 Å². The quantitative estimate of drug-likeness (QED) is 0.884. The summed E-state index contributed by atoms with van der Waals surface area (Å²) in [6, 6.07) is 4.58. The minimum Gasteiger partial charge on any atom is -0.311 e. The zero-order valence-electron chi connectivity index (χ0n) is 9.05. The molecular formula is C11H16ClNS2. The van der Waals surface area contributed by atoms with Crippen LogP contribution in [0.15, 0.2) is 12.1 Å². The first-order valence-electron chi connectivity index (χ1n) is 5.22. The van der Waals surface area contributed by atoms with E-state index in [2.05, 4.69) is 30.1 Å². The molecule has 0 bridgehead atoms. The predicted molar refractivity (Wildman–Crippen MR) is 71.2 cm³/mol. The first kappa shape index (κ1) is 11.8. The van der Waals surface area contributed by atoms with Crippen LogP contribution in [0.1, 0.15) is 30.7 Å². The second-order valence-corrected chi connectivity index (χ2v) is 7.50. The van der Waals surface area contributed by atoms with Gasteiger partial charge < -0.3 is 5.32 Å². The highest BCUT2D eigenvalue weighted by atomic mass is 35.5. The molecule has 1 fully saturated rings. The summed E-state index contributed by atoms with van der Waals surface area (Å²) in [7, 11) is 2.04. The molecule has 1 aromatic rings. The van der Waals surface area contributed by atoms with Crippen molar-refractivity contribution in [1.29, 1.82) is 0 Å². The third-order valence-electron chi connectivity index (χ3n) is 3.03. The molecule has 0 aliphatic carbocycles. The maximum atomic E-state index is 6.00. The molecule has 4 heteroatoms. The van der Waals surface area contributed by atoms with Crippen molar-refractivity contribution in [3.63, 3.8) is 0 Å². The largest absolute Gasteiger partial charge is 0.311 e. The molecule has 1 aliphatic rings. The highest BCUT2D eigenvalue weighted by Crippen LogP contribution is 2.47. The van der Waals surface area contributed by atoms with Gasteiger partial charge in [0.25, 0.3) is 0 Å². The van der Waals surface area contributed by atoms with Crippen molar-refractivity contribution in [3.05, 3.63) is 21.3 Å². The van der Waals surface area contributed by atoms with Gasteiger partial charge in [0, 0.05) is 9.62 Å². The van der Waals surface area contributed by atoms with Crippen LogP contribution in [0.25, 0.3) is 0 Å². The molecule has 2 rings (SSSR count). The van der Waals surface area contributed by atoms with E-state index in [4.69, 9.17) is 11.6 Å². The Morgan fingerprint density at radius 1 is 1.53 bits per heavy atom. The van der Waals surface area contributed by atoms with E-state index in [0.29, 0.717) is 10.8 Å². The van der Waals surface area contributed by atoms with Crippen molar-refractivity contribution in [2.75, 3.05) is 12.8 Å². The van der Waals surface area contributed by atoms with E-state index >= 15 is 0 Å². The molecule has 0 spiro atoms. The van der Waals surface area contributed by atoms with Gasteiger partial charge in [0.05, 0.1) is 10.4 Å². The van der Waals surface area contributed by atoms with Crippen LogP contribution in [-0.2, 0) is 0 Å². The maximum Gasteiger partial charge on any atom is 0.0931 e. The van der Waals surface area contributed by atoms with Crippen LogP contribution in [0, 0.1) is 0 Å². The number of rotatable bonds is 3. The van der Waals surface area contributed by atoms with Crippen molar-refractivity contribution in [2.45, 2.75) is 30.6 Å². The van der Waals surface area contributed by atoms with E-state index in [0.717, 1.165) is 4.34 Å². The van der Waals surface area contributed by atoms with E-state index in [1.807, 2.05) is 13.1 Å². The van der Waals surface area contributed by atoms with Crippen molar-refractivity contribution in [1.82, 2.24) is 5.32 Å². The normalized spacial score (nSPS) is 28.2. The van der Waals surface area contributed by atoms with Gasteiger partial charge in [0.1, 0.15) is 0 Å². The van der Waals surface area contributed by atoms with Crippen molar-refractivity contribution in [2.24, 2.45) is 0 Å². The molecule has 0 radical (unpaired) electrons. The molecule has 15 heavy (non-hydrogen) atoms. The van der Waals surface area contributed by atoms with Crippen LogP contribution in [0.5, 0.6) is 0 Å². The van der Waals surface area contributed by atoms with Crippen molar-refractivity contribution < 1.29 is 0 Å². The fraction of sp³-hybridized carbons (Fsp3) is 0.636. The van der Waals surface area contributed by atoms with Gasteiger partial charge in [-0.15, -0.1) is 11.3 Å². The molecule has 2 unspecified atom stereocenters. The van der Waals surface area contributed by atoms with Crippen LogP contribution in [0.4, 0.5) is 0 Å². The maximum absolute atomic E-state index is 6.00. The van der Waals surface area contributed by atoms with Gasteiger partial charge in [0.15, 0.2) is 0 Å². The number of nitrogens with one attached hydrogen (secondary N) is 1. The van der Waals surface area contributed by atoms with Crippen molar-refractivity contribution in [3.8, 4) is 0 Å². The molecule has 1 aromatic heterocycles. The third-order valence-corrected chi connectivity index (χ3v) is 5.92. The van der Waals surface area contributed by atoms with Crippen LogP contribution in [0.2, 0.25) is 4.34 Å². The molecule has 2 atom stereocenters. The lowest BCUT2D eigenvalue weighted by Gasteiger charge is -2.32. The smallest absolute Gasteiger partial charge is 0.0931 e. The molecule has 1 N–H and O–H groups in total. The van der Waals surface area contributed by atoms with Crippen LogP contribution >= 0.6 is 34.7 Å². The van der Waals surface area contributed by atoms with Gasteiger partial charge in [-0.05, 0) is 44.7 Å². The molecule has 84 valence electrons. The average Bonchev–Trinajstić information content (AvgIpc) is 2.78. The Kier molecular flexibility index (Phi) is 3.66. The Balaban J connectivity index is 2.23. The molecule has 2 heterocycles. The molecule has 0 amide bonds. The van der Waals surface area contributed by atoms with Gasteiger partial charge >= 0.3 is 0 Å². The third kappa shape index (κ3) is 2.36. The van der Waals surface area contributed by atoms with Crippen molar-refractivity contribution >= 4 is 34.7 Å². The summed E-state index contributed by atoms with van der Waals surface area (Å²) in [6.45, 7) is 2.36. The average molecular weight is 262 g/mol. The molecule has 1 aliphatic heterocycles. The summed E-state index contributed by atoms with van der Waals surface area (Å²) in [5.41, 5.74) is 0. The molecular weight excluding hydrogens is 246 g/mol. The van der Waals surface area contributed by atoms with E-state index in [1.165, 1.54) is 23.5 Å². The highest BCUT2D eigenvalue weighted by Gasteiger charge is 2.38. The fourth-order valence-corrected chi connectivity index (χ4v) is 5.11. The van der Waals surface area contributed by atoms with Crippen LogP contribution in [0.3, 0.4) is 0 Å². The lowest BCUT2D eigenvalue weighted by molar-refractivity contribution is 0.446. The standard InChI is InChI=1S/C11H16ClNS2/c1-11(6-3-7-14-11)10(13-2)8-4-5-9(12)15-8/h4-5,10,13H,3,6-7H2,1-2H3. The summed E-state index contributed by atoms with van der Waals surface area (Å²) < 4.78 is 1.22. The Labute approximate surface area is 105 Å². The van der Waals surface area contributed by atoms with Gasteiger partial charge in [-0.1, -0.05) is 11.6 Å². The van der Waals surface area contributed by atoms with E-state index in [-0.39, 0.29) is 0 Å². The lowest BCUT2D eigenvalue weighted by Crippen LogP contribution is -2.34. The van der Waals surface area contributed by atoms with E-state index in [1.54, 1.807) is 11.3 Å². The fourth-order valence-electron chi connectivity index (χ4n) is 2.26. The predicted octanol–water partition coefficient (Wildman–Crippen LogP) is 3.95.